The van der Waals surface area contributed by atoms with Gasteiger partial charge in [-0.2, -0.15) is 0 Å². The minimum Gasteiger partial charge on any atom is -0.335 e. The van der Waals surface area contributed by atoms with Gasteiger partial charge in [0.05, 0.1) is 12.5 Å². The normalized spacial score (nSPS) is 12.2. The van der Waals surface area contributed by atoms with Crippen LogP contribution in [-0.2, 0) is 10.0 Å². The summed E-state index contributed by atoms with van der Waals surface area (Å²) in [6, 6.07) is 0. The molecule has 0 fully saturated rings. The first kappa shape index (κ1) is 10.2. The molecule has 0 unspecified atom stereocenters. The van der Waals surface area contributed by atoms with Gasteiger partial charge >= 0.3 is 0 Å². The molecule has 0 radical (unpaired) electrons. The van der Waals surface area contributed by atoms with Crippen LogP contribution < -0.4 is 4.72 Å². The number of aromatic amines is 1. The van der Waals surface area contributed by atoms with Gasteiger partial charge in [0.2, 0.25) is 0 Å². The number of aromatic nitrogens is 2. The number of hydrogen-bond donors (Lipinski definition) is 2. The van der Waals surface area contributed by atoms with E-state index < -0.39 is 10.0 Å². The fourth-order valence-corrected chi connectivity index (χ4v) is 1.86. The summed E-state index contributed by atoms with van der Waals surface area (Å²) >= 11 is 0. The lowest BCUT2D eigenvalue weighted by Crippen LogP contribution is -2.27. The van der Waals surface area contributed by atoms with Crippen molar-refractivity contribution in [3.63, 3.8) is 0 Å². The smallest absolute Gasteiger partial charge is 0.257 e. The van der Waals surface area contributed by atoms with Crippen LogP contribution in [0.1, 0.15) is 13.8 Å². The van der Waals surface area contributed by atoms with Crippen molar-refractivity contribution >= 4 is 10.0 Å². The Morgan fingerprint density at radius 1 is 1.62 bits per heavy atom. The quantitative estimate of drug-likeness (QED) is 0.741. The zero-order valence-electron chi connectivity index (χ0n) is 7.61. The Balaban J connectivity index is 2.68. The highest BCUT2D eigenvalue weighted by atomic mass is 32.2. The van der Waals surface area contributed by atoms with E-state index in [4.69, 9.17) is 0 Å². The SMILES string of the molecule is CC(C)CNS(=O)(=O)c1cnc[nH]1. The highest BCUT2D eigenvalue weighted by Gasteiger charge is 2.14. The molecular weight excluding hydrogens is 190 g/mol. The van der Waals surface area contributed by atoms with E-state index in [-0.39, 0.29) is 10.9 Å². The molecule has 0 spiro atoms. The summed E-state index contributed by atoms with van der Waals surface area (Å²) < 4.78 is 25.3. The summed E-state index contributed by atoms with van der Waals surface area (Å²) in [6.07, 6.45) is 2.62. The third kappa shape index (κ3) is 2.82. The highest BCUT2D eigenvalue weighted by Crippen LogP contribution is 2.02. The maximum absolute atomic E-state index is 11.4. The molecule has 1 rings (SSSR count). The van der Waals surface area contributed by atoms with Crippen molar-refractivity contribution in [3.05, 3.63) is 12.5 Å². The zero-order chi connectivity index (χ0) is 9.90. The summed E-state index contributed by atoms with van der Waals surface area (Å²) in [5.74, 6) is 0.290. The summed E-state index contributed by atoms with van der Waals surface area (Å²) in [4.78, 5) is 6.18. The first-order chi connectivity index (χ1) is 6.02. The van der Waals surface area contributed by atoms with Crippen molar-refractivity contribution in [2.75, 3.05) is 6.54 Å². The number of H-pyrrole nitrogens is 1. The van der Waals surface area contributed by atoms with Gasteiger partial charge in [-0.15, -0.1) is 0 Å². The number of rotatable bonds is 4. The van der Waals surface area contributed by atoms with E-state index in [0.717, 1.165) is 0 Å². The molecule has 5 nitrogen and oxygen atoms in total. The molecule has 0 saturated heterocycles. The van der Waals surface area contributed by atoms with E-state index in [1.807, 2.05) is 13.8 Å². The second-order valence-corrected chi connectivity index (χ2v) is 4.90. The summed E-state index contributed by atoms with van der Waals surface area (Å²) in [7, 11) is -3.38. The van der Waals surface area contributed by atoms with E-state index in [1.54, 1.807) is 0 Å². The van der Waals surface area contributed by atoms with Crippen LogP contribution in [0.4, 0.5) is 0 Å². The Hall–Kier alpha value is -0.880. The van der Waals surface area contributed by atoms with Gasteiger partial charge in [0, 0.05) is 6.54 Å². The molecule has 0 saturated carbocycles. The number of nitrogens with zero attached hydrogens (tertiary/aromatic N) is 1. The summed E-state index contributed by atoms with van der Waals surface area (Å²) in [6.45, 7) is 4.31. The molecule has 0 aliphatic rings. The van der Waals surface area contributed by atoms with Gasteiger partial charge in [-0.3, -0.25) is 0 Å². The van der Waals surface area contributed by atoms with Crippen molar-refractivity contribution in [1.82, 2.24) is 14.7 Å². The Labute approximate surface area is 77.6 Å². The first-order valence-electron chi connectivity index (χ1n) is 4.00. The van der Waals surface area contributed by atoms with Crippen LogP contribution >= 0.6 is 0 Å². The molecule has 0 bridgehead atoms. The van der Waals surface area contributed by atoms with Crippen LogP contribution in [0, 0.1) is 5.92 Å². The fourth-order valence-electron chi connectivity index (χ4n) is 0.744. The van der Waals surface area contributed by atoms with Gasteiger partial charge in [-0.25, -0.2) is 18.1 Å². The first-order valence-corrected chi connectivity index (χ1v) is 5.48. The van der Waals surface area contributed by atoms with E-state index in [9.17, 15) is 8.42 Å². The van der Waals surface area contributed by atoms with Gasteiger partial charge < -0.3 is 4.98 Å². The number of hydrogen-bond acceptors (Lipinski definition) is 3. The molecule has 13 heavy (non-hydrogen) atoms. The van der Waals surface area contributed by atoms with Crippen LogP contribution in [0.2, 0.25) is 0 Å². The second kappa shape index (κ2) is 3.89. The third-order valence-electron chi connectivity index (χ3n) is 1.44. The average molecular weight is 203 g/mol. The van der Waals surface area contributed by atoms with E-state index >= 15 is 0 Å². The van der Waals surface area contributed by atoms with E-state index in [0.29, 0.717) is 6.54 Å². The molecule has 2 N–H and O–H groups in total. The van der Waals surface area contributed by atoms with Crippen LogP contribution in [0.3, 0.4) is 0 Å². The molecule has 1 aromatic heterocycles. The van der Waals surface area contributed by atoms with Crippen LogP contribution in [0.25, 0.3) is 0 Å². The largest absolute Gasteiger partial charge is 0.335 e. The predicted octanol–water partition coefficient (Wildman–Crippen LogP) is 0.344. The third-order valence-corrected chi connectivity index (χ3v) is 2.79. The molecule has 6 heteroatoms. The Kier molecular flexibility index (Phi) is 3.05. The minimum atomic E-state index is -3.38. The standard InChI is InChI=1S/C7H13N3O2S/c1-6(2)3-10-13(11,12)7-4-8-5-9-7/h4-6,10H,3H2,1-2H3,(H,8,9). The Morgan fingerprint density at radius 2 is 2.31 bits per heavy atom. The lowest BCUT2D eigenvalue weighted by Gasteiger charge is -2.06. The van der Waals surface area contributed by atoms with Gasteiger partial charge in [-0.05, 0) is 5.92 Å². The molecule has 0 aromatic carbocycles. The number of sulfonamides is 1. The number of imidazole rings is 1. The maximum Gasteiger partial charge on any atom is 0.257 e. The molecule has 74 valence electrons. The van der Waals surface area contributed by atoms with Gasteiger partial charge in [0.1, 0.15) is 0 Å². The van der Waals surface area contributed by atoms with Gasteiger partial charge in [0.25, 0.3) is 10.0 Å². The number of nitrogens with one attached hydrogen (secondary N) is 2. The Morgan fingerprint density at radius 3 is 2.77 bits per heavy atom. The fraction of sp³-hybridized carbons (Fsp3) is 0.571. The predicted molar refractivity (Wildman–Crippen MR) is 48.6 cm³/mol. The molecular formula is C7H13N3O2S. The van der Waals surface area contributed by atoms with Crippen LogP contribution in [-0.4, -0.2) is 24.9 Å². The van der Waals surface area contributed by atoms with Crippen molar-refractivity contribution in [1.29, 1.82) is 0 Å². The molecule has 1 aromatic rings. The highest BCUT2D eigenvalue weighted by molar-refractivity contribution is 7.89. The summed E-state index contributed by atoms with van der Waals surface area (Å²) in [5.41, 5.74) is 0. The molecule has 0 amide bonds. The Bertz CT molecular complexity index is 342. The van der Waals surface area contributed by atoms with E-state index in [2.05, 4.69) is 14.7 Å². The summed E-state index contributed by atoms with van der Waals surface area (Å²) in [5, 5.41) is 0.105. The minimum absolute atomic E-state index is 0.105. The van der Waals surface area contributed by atoms with Crippen molar-refractivity contribution in [2.24, 2.45) is 5.92 Å². The topological polar surface area (TPSA) is 74.8 Å². The van der Waals surface area contributed by atoms with E-state index in [1.165, 1.54) is 12.5 Å². The lowest BCUT2D eigenvalue weighted by molar-refractivity contribution is 0.557. The van der Waals surface area contributed by atoms with Crippen LogP contribution in [0.5, 0.6) is 0 Å². The average Bonchev–Trinajstić information content (AvgIpc) is 2.53. The molecule has 0 aliphatic heterocycles. The maximum atomic E-state index is 11.4. The van der Waals surface area contributed by atoms with Crippen molar-refractivity contribution in [2.45, 2.75) is 18.9 Å². The van der Waals surface area contributed by atoms with Gasteiger partial charge in [-0.1, -0.05) is 13.8 Å². The molecule has 0 atom stereocenters. The van der Waals surface area contributed by atoms with Crippen LogP contribution in [0.15, 0.2) is 17.6 Å². The van der Waals surface area contributed by atoms with Crippen molar-refractivity contribution in [3.8, 4) is 0 Å². The molecule has 1 heterocycles. The monoisotopic (exact) mass is 203 g/mol. The zero-order valence-corrected chi connectivity index (χ0v) is 8.43. The second-order valence-electron chi connectivity index (χ2n) is 3.16. The van der Waals surface area contributed by atoms with Crippen molar-refractivity contribution < 1.29 is 8.42 Å². The molecule has 0 aliphatic carbocycles. The van der Waals surface area contributed by atoms with Gasteiger partial charge in [0.15, 0.2) is 5.03 Å². The lowest BCUT2D eigenvalue weighted by atomic mass is 10.2.